The second kappa shape index (κ2) is 9.43. The fraction of sp³-hybridized carbons (Fsp3) is 0.400. The van der Waals surface area contributed by atoms with E-state index in [4.69, 9.17) is 5.73 Å². The van der Waals surface area contributed by atoms with Crippen LogP contribution in [0.3, 0.4) is 0 Å². The number of fused-ring (bicyclic) bond motifs is 1. The molecule has 1 aliphatic heterocycles. The SMILES string of the molecule is CC(C)Cc1ccc(CC(=O)N2CCN(Cc3nc(N)c4ccccc4n3)CC2)cc1. The standard InChI is InChI=1S/C25H31N5O/c1-18(2)15-19-7-9-20(10-8-19)16-24(31)30-13-11-29(12-14-30)17-23-27-22-6-4-3-5-21(22)25(26)28-23/h3-10,18H,11-17H2,1-2H3,(H2,26,27,28). The van der Waals surface area contributed by atoms with E-state index in [0.717, 1.165) is 54.9 Å². The van der Waals surface area contributed by atoms with Gasteiger partial charge in [0.05, 0.1) is 18.5 Å². The van der Waals surface area contributed by atoms with Crippen molar-refractivity contribution in [1.29, 1.82) is 0 Å². The van der Waals surface area contributed by atoms with Crippen LogP contribution in [0.15, 0.2) is 48.5 Å². The molecule has 0 saturated carbocycles. The largest absolute Gasteiger partial charge is 0.383 e. The van der Waals surface area contributed by atoms with Crippen LogP contribution < -0.4 is 5.73 Å². The number of nitrogens with two attached hydrogens (primary N) is 1. The number of hydrogen-bond donors (Lipinski definition) is 1. The van der Waals surface area contributed by atoms with E-state index in [2.05, 4.69) is 53.0 Å². The van der Waals surface area contributed by atoms with Gasteiger partial charge in [0, 0.05) is 31.6 Å². The highest BCUT2D eigenvalue weighted by Gasteiger charge is 2.22. The lowest BCUT2D eigenvalue weighted by Crippen LogP contribution is -2.48. The number of anilines is 1. The summed E-state index contributed by atoms with van der Waals surface area (Å²) < 4.78 is 0. The van der Waals surface area contributed by atoms with Crippen LogP contribution in [-0.2, 0) is 24.2 Å². The van der Waals surface area contributed by atoms with Crippen molar-refractivity contribution in [3.05, 3.63) is 65.5 Å². The van der Waals surface area contributed by atoms with Gasteiger partial charge in [0.2, 0.25) is 5.91 Å². The first kappa shape index (κ1) is 21.2. The molecule has 2 N–H and O–H groups in total. The fourth-order valence-corrected chi connectivity index (χ4v) is 4.13. The lowest BCUT2D eigenvalue weighted by molar-refractivity contribution is -0.132. The van der Waals surface area contributed by atoms with Gasteiger partial charge in [-0.15, -0.1) is 0 Å². The average molecular weight is 418 g/mol. The van der Waals surface area contributed by atoms with Gasteiger partial charge in [-0.1, -0.05) is 50.2 Å². The Morgan fingerprint density at radius 2 is 1.65 bits per heavy atom. The van der Waals surface area contributed by atoms with Crippen LogP contribution in [0, 0.1) is 5.92 Å². The topological polar surface area (TPSA) is 75.4 Å². The third kappa shape index (κ3) is 5.39. The number of aromatic nitrogens is 2. The van der Waals surface area contributed by atoms with Gasteiger partial charge in [-0.25, -0.2) is 9.97 Å². The molecule has 1 saturated heterocycles. The first-order valence-electron chi connectivity index (χ1n) is 11.1. The number of rotatable bonds is 6. The Bertz CT molecular complexity index is 1040. The van der Waals surface area contributed by atoms with Crippen molar-refractivity contribution in [3.8, 4) is 0 Å². The van der Waals surface area contributed by atoms with Crippen molar-refractivity contribution in [2.45, 2.75) is 33.2 Å². The van der Waals surface area contributed by atoms with Gasteiger partial charge in [-0.05, 0) is 35.6 Å². The molecule has 6 nitrogen and oxygen atoms in total. The molecule has 162 valence electrons. The first-order chi connectivity index (χ1) is 15.0. The molecule has 31 heavy (non-hydrogen) atoms. The van der Waals surface area contributed by atoms with Crippen molar-refractivity contribution >= 4 is 22.6 Å². The highest BCUT2D eigenvalue weighted by Crippen LogP contribution is 2.18. The second-order valence-electron chi connectivity index (χ2n) is 8.79. The maximum Gasteiger partial charge on any atom is 0.227 e. The molecule has 4 rings (SSSR count). The Morgan fingerprint density at radius 3 is 2.35 bits per heavy atom. The summed E-state index contributed by atoms with van der Waals surface area (Å²) >= 11 is 0. The van der Waals surface area contributed by atoms with E-state index in [1.165, 1.54) is 5.56 Å². The predicted molar refractivity (Wildman–Crippen MR) is 124 cm³/mol. The highest BCUT2D eigenvalue weighted by atomic mass is 16.2. The van der Waals surface area contributed by atoms with Gasteiger partial charge in [0.15, 0.2) is 0 Å². The Kier molecular flexibility index (Phi) is 6.47. The summed E-state index contributed by atoms with van der Waals surface area (Å²) in [5.41, 5.74) is 9.39. The van der Waals surface area contributed by atoms with E-state index in [0.29, 0.717) is 24.7 Å². The first-order valence-corrected chi connectivity index (χ1v) is 11.1. The normalized spacial score (nSPS) is 15.0. The third-order valence-electron chi connectivity index (χ3n) is 5.79. The monoisotopic (exact) mass is 417 g/mol. The second-order valence-corrected chi connectivity index (χ2v) is 8.79. The molecule has 0 radical (unpaired) electrons. The minimum absolute atomic E-state index is 0.197. The molecular formula is C25H31N5O. The minimum Gasteiger partial charge on any atom is -0.383 e. The summed E-state index contributed by atoms with van der Waals surface area (Å²) in [6, 6.07) is 16.3. The van der Waals surface area contributed by atoms with Crippen molar-refractivity contribution < 1.29 is 4.79 Å². The molecule has 0 spiro atoms. The predicted octanol–water partition coefficient (Wildman–Crippen LogP) is 3.30. The van der Waals surface area contributed by atoms with Gasteiger partial charge in [0.25, 0.3) is 0 Å². The molecule has 0 aliphatic carbocycles. The zero-order valence-corrected chi connectivity index (χ0v) is 18.4. The van der Waals surface area contributed by atoms with Crippen LogP contribution in [-0.4, -0.2) is 51.9 Å². The maximum absolute atomic E-state index is 12.8. The van der Waals surface area contributed by atoms with E-state index < -0.39 is 0 Å². The summed E-state index contributed by atoms with van der Waals surface area (Å²) in [4.78, 5) is 26.1. The zero-order valence-electron chi connectivity index (χ0n) is 18.4. The molecular weight excluding hydrogens is 386 g/mol. The van der Waals surface area contributed by atoms with Crippen LogP contribution in [0.25, 0.3) is 10.9 Å². The van der Waals surface area contributed by atoms with Gasteiger partial charge in [0.1, 0.15) is 11.6 Å². The molecule has 0 unspecified atom stereocenters. The van der Waals surface area contributed by atoms with Crippen LogP contribution in [0.5, 0.6) is 0 Å². The highest BCUT2D eigenvalue weighted by molar-refractivity contribution is 5.87. The van der Waals surface area contributed by atoms with E-state index >= 15 is 0 Å². The quantitative estimate of drug-likeness (QED) is 0.666. The lowest BCUT2D eigenvalue weighted by Gasteiger charge is -2.34. The summed E-state index contributed by atoms with van der Waals surface area (Å²) in [5, 5.41) is 0.888. The smallest absolute Gasteiger partial charge is 0.227 e. The number of nitrogens with zero attached hydrogens (tertiary/aromatic N) is 4. The average Bonchev–Trinajstić information content (AvgIpc) is 2.75. The van der Waals surface area contributed by atoms with Crippen LogP contribution in [0.2, 0.25) is 0 Å². The lowest BCUT2D eigenvalue weighted by atomic mass is 10.0. The Hall–Kier alpha value is -2.99. The minimum atomic E-state index is 0.197. The van der Waals surface area contributed by atoms with Gasteiger partial charge < -0.3 is 10.6 Å². The summed E-state index contributed by atoms with van der Waals surface area (Å²) in [5.74, 6) is 2.09. The molecule has 3 aromatic rings. The fourth-order valence-electron chi connectivity index (χ4n) is 4.13. The number of carbonyl (C=O) groups excluding carboxylic acids is 1. The molecule has 2 aromatic carbocycles. The molecule has 1 aliphatic rings. The Morgan fingerprint density at radius 1 is 0.968 bits per heavy atom. The number of carbonyl (C=O) groups is 1. The molecule has 2 heterocycles. The van der Waals surface area contributed by atoms with Gasteiger partial charge in [-0.2, -0.15) is 0 Å². The Balaban J connectivity index is 1.30. The van der Waals surface area contributed by atoms with Gasteiger partial charge >= 0.3 is 0 Å². The third-order valence-corrected chi connectivity index (χ3v) is 5.79. The van der Waals surface area contributed by atoms with Crippen molar-refractivity contribution in [3.63, 3.8) is 0 Å². The van der Waals surface area contributed by atoms with E-state index in [1.54, 1.807) is 0 Å². The van der Waals surface area contributed by atoms with Crippen molar-refractivity contribution in [2.24, 2.45) is 5.92 Å². The van der Waals surface area contributed by atoms with E-state index in [-0.39, 0.29) is 5.91 Å². The molecule has 1 fully saturated rings. The number of para-hydroxylation sites is 1. The summed E-state index contributed by atoms with van der Waals surface area (Å²) in [6.45, 7) is 8.18. The van der Waals surface area contributed by atoms with Crippen LogP contribution in [0.4, 0.5) is 5.82 Å². The zero-order chi connectivity index (χ0) is 21.8. The van der Waals surface area contributed by atoms with Crippen molar-refractivity contribution in [1.82, 2.24) is 19.8 Å². The molecule has 1 aromatic heterocycles. The number of benzene rings is 2. The van der Waals surface area contributed by atoms with Crippen molar-refractivity contribution in [2.75, 3.05) is 31.9 Å². The van der Waals surface area contributed by atoms with Crippen LogP contribution in [0.1, 0.15) is 30.8 Å². The Labute approximate surface area is 184 Å². The number of amides is 1. The van der Waals surface area contributed by atoms with Crippen LogP contribution >= 0.6 is 0 Å². The summed E-state index contributed by atoms with van der Waals surface area (Å²) in [6.07, 6.45) is 1.54. The molecule has 0 atom stereocenters. The van der Waals surface area contributed by atoms with E-state index in [9.17, 15) is 4.79 Å². The van der Waals surface area contributed by atoms with E-state index in [1.807, 2.05) is 29.2 Å². The molecule has 1 amide bonds. The van der Waals surface area contributed by atoms with Gasteiger partial charge in [-0.3, -0.25) is 9.69 Å². The molecule has 6 heteroatoms. The number of piperazine rings is 1. The number of nitrogen functional groups attached to an aromatic ring is 1. The maximum atomic E-state index is 12.8. The summed E-state index contributed by atoms with van der Waals surface area (Å²) in [7, 11) is 0. The number of hydrogen-bond acceptors (Lipinski definition) is 5. The molecule has 0 bridgehead atoms.